The number of halogens is 3. The van der Waals surface area contributed by atoms with Gasteiger partial charge in [-0.15, -0.1) is 0 Å². The van der Waals surface area contributed by atoms with Crippen LogP contribution in [-0.4, -0.2) is 33.2 Å². The summed E-state index contributed by atoms with van der Waals surface area (Å²) >= 11 is 0. The van der Waals surface area contributed by atoms with Gasteiger partial charge in [0.05, 0.1) is 0 Å². The van der Waals surface area contributed by atoms with Gasteiger partial charge in [-0.3, -0.25) is 0 Å². The van der Waals surface area contributed by atoms with Gasteiger partial charge in [0.1, 0.15) is 11.4 Å². The molecule has 0 spiro atoms. The standard InChI is InChI=1S/C21H28F3N3O2/c1-13(2)27-12-17(21(22,23)24)25-18(27)16-9-8-15(10-14(16)3)11-26(7)19(28)29-20(4,5)6/h8-10,12-13H,11H2,1-7H3. The molecule has 2 rings (SSSR count). The van der Waals surface area contributed by atoms with Gasteiger partial charge in [0.2, 0.25) is 0 Å². The molecule has 0 saturated heterocycles. The third-order valence-corrected chi connectivity index (χ3v) is 4.24. The number of hydrogen-bond donors (Lipinski definition) is 0. The molecule has 8 heteroatoms. The van der Waals surface area contributed by atoms with Gasteiger partial charge in [-0.2, -0.15) is 13.2 Å². The van der Waals surface area contributed by atoms with Crippen molar-refractivity contribution in [2.45, 2.75) is 65.9 Å². The fraction of sp³-hybridized carbons (Fsp3) is 0.524. The highest BCUT2D eigenvalue weighted by Gasteiger charge is 2.35. The Labute approximate surface area is 169 Å². The number of nitrogens with zero attached hydrogens (tertiary/aromatic N) is 3. The topological polar surface area (TPSA) is 47.4 Å². The van der Waals surface area contributed by atoms with Crippen LogP contribution in [0.3, 0.4) is 0 Å². The average Bonchev–Trinajstić information content (AvgIpc) is 2.98. The molecular weight excluding hydrogens is 383 g/mol. The molecule has 1 aromatic carbocycles. The molecule has 0 unspecified atom stereocenters. The summed E-state index contributed by atoms with van der Waals surface area (Å²) in [4.78, 5) is 17.4. The van der Waals surface area contributed by atoms with Crippen LogP contribution in [0, 0.1) is 6.92 Å². The Morgan fingerprint density at radius 1 is 1.24 bits per heavy atom. The summed E-state index contributed by atoms with van der Waals surface area (Å²) in [6.07, 6.45) is -3.90. The van der Waals surface area contributed by atoms with Crippen LogP contribution in [0.2, 0.25) is 0 Å². The monoisotopic (exact) mass is 411 g/mol. The van der Waals surface area contributed by atoms with Crippen LogP contribution in [0.15, 0.2) is 24.4 Å². The highest BCUT2D eigenvalue weighted by atomic mass is 19.4. The second kappa shape index (κ2) is 8.08. The Bertz CT molecular complexity index is 880. The van der Waals surface area contributed by atoms with E-state index in [0.717, 1.165) is 17.3 Å². The van der Waals surface area contributed by atoms with Gasteiger partial charge in [0.15, 0.2) is 5.69 Å². The lowest BCUT2D eigenvalue weighted by Gasteiger charge is -2.25. The molecule has 0 N–H and O–H groups in total. The zero-order chi connectivity index (χ0) is 22.1. The summed E-state index contributed by atoms with van der Waals surface area (Å²) in [6, 6.07) is 5.21. The van der Waals surface area contributed by atoms with Crippen molar-refractivity contribution in [3.8, 4) is 11.4 Å². The first-order chi connectivity index (χ1) is 13.2. The largest absolute Gasteiger partial charge is 0.444 e. The number of aryl methyl sites for hydroxylation is 1. The van der Waals surface area contributed by atoms with Crippen LogP contribution in [0.5, 0.6) is 0 Å². The van der Waals surface area contributed by atoms with E-state index < -0.39 is 23.6 Å². The maximum Gasteiger partial charge on any atom is 0.434 e. The summed E-state index contributed by atoms with van der Waals surface area (Å²) in [5.41, 5.74) is 0.752. The van der Waals surface area contributed by atoms with Gasteiger partial charge in [-0.25, -0.2) is 9.78 Å². The molecule has 0 aliphatic carbocycles. The van der Waals surface area contributed by atoms with E-state index in [1.807, 2.05) is 26.8 Å². The Morgan fingerprint density at radius 2 is 1.86 bits per heavy atom. The van der Waals surface area contributed by atoms with E-state index in [2.05, 4.69) is 4.98 Å². The number of rotatable bonds is 4. The lowest BCUT2D eigenvalue weighted by atomic mass is 10.0. The summed E-state index contributed by atoms with van der Waals surface area (Å²) in [5.74, 6) is 0.275. The zero-order valence-corrected chi connectivity index (χ0v) is 17.9. The van der Waals surface area contributed by atoms with E-state index in [4.69, 9.17) is 4.74 Å². The number of alkyl halides is 3. The zero-order valence-electron chi connectivity index (χ0n) is 17.9. The first kappa shape index (κ1) is 22.8. The second-order valence-corrected chi connectivity index (χ2v) is 8.43. The predicted octanol–water partition coefficient (Wildman–Crippen LogP) is 5.83. The molecular formula is C21H28F3N3O2. The number of aromatic nitrogens is 2. The van der Waals surface area contributed by atoms with Crippen LogP contribution in [0.25, 0.3) is 11.4 Å². The van der Waals surface area contributed by atoms with Crippen molar-refractivity contribution in [2.24, 2.45) is 0 Å². The van der Waals surface area contributed by atoms with Gasteiger partial charge < -0.3 is 14.2 Å². The number of ether oxygens (including phenoxy) is 1. The van der Waals surface area contributed by atoms with Crippen LogP contribution < -0.4 is 0 Å². The van der Waals surface area contributed by atoms with Crippen LogP contribution in [0.1, 0.15) is 57.5 Å². The summed E-state index contributed by atoms with van der Waals surface area (Å²) in [5, 5.41) is 0. The minimum atomic E-state index is -4.50. The molecule has 1 heterocycles. The van der Waals surface area contributed by atoms with Crippen LogP contribution in [-0.2, 0) is 17.5 Å². The summed E-state index contributed by atoms with van der Waals surface area (Å²) in [7, 11) is 1.64. The van der Waals surface area contributed by atoms with Crippen molar-refractivity contribution in [1.29, 1.82) is 0 Å². The lowest BCUT2D eigenvalue weighted by Crippen LogP contribution is -2.33. The molecule has 160 valence electrons. The number of amides is 1. The Hall–Kier alpha value is -2.51. The molecule has 0 fully saturated rings. The van der Waals surface area contributed by atoms with Crippen molar-refractivity contribution >= 4 is 6.09 Å². The van der Waals surface area contributed by atoms with Crippen molar-refractivity contribution in [3.05, 3.63) is 41.2 Å². The fourth-order valence-electron chi connectivity index (χ4n) is 2.88. The van der Waals surface area contributed by atoms with E-state index >= 15 is 0 Å². The average molecular weight is 411 g/mol. The Morgan fingerprint density at radius 3 is 2.34 bits per heavy atom. The van der Waals surface area contributed by atoms with Crippen LogP contribution >= 0.6 is 0 Å². The highest BCUT2D eigenvalue weighted by molar-refractivity contribution is 5.68. The van der Waals surface area contributed by atoms with E-state index in [-0.39, 0.29) is 11.9 Å². The quantitative estimate of drug-likeness (QED) is 0.636. The first-order valence-electron chi connectivity index (χ1n) is 9.39. The fourth-order valence-corrected chi connectivity index (χ4v) is 2.88. The normalized spacial score (nSPS) is 12.4. The minimum Gasteiger partial charge on any atom is -0.444 e. The predicted molar refractivity (Wildman–Crippen MR) is 105 cm³/mol. The van der Waals surface area contributed by atoms with E-state index in [1.165, 1.54) is 9.47 Å². The Balaban J connectivity index is 2.31. The Kier molecular flexibility index (Phi) is 6.35. The second-order valence-electron chi connectivity index (χ2n) is 8.43. The molecule has 2 aromatic rings. The molecule has 29 heavy (non-hydrogen) atoms. The van der Waals surface area contributed by atoms with Crippen LogP contribution in [0.4, 0.5) is 18.0 Å². The summed E-state index contributed by atoms with van der Waals surface area (Å²) in [6.45, 7) is 11.1. The van der Waals surface area contributed by atoms with E-state index in [0.29, 0.717) is 12.1 Å². The molecule has 1 aromatic heterocycles. The number of benzene rings is 1. The number of hydrogen-bond acceptors (Lipinski definition) is 3. The molecule has 0 aliphatic heterocycles. The van der Waals surface area contributed by atoms with E-state index in [9.17, 15) is 18.0 Å². The number of imidazole rings is 1. The van der Waals surface area contributed by atoms with Gasteiger partial charge in [0, 0.05) is 31.4 Å². The number of carbonyl (C=O) groups is 1. The van der Waals surface area contributed by atoms with E-state index in [1.54, 1.807) is 40.0 Å². The molecule has 0 saturated carbocycles. The first-order valence-corrected chi connectivity index (χ1v) is 9.39. The molecule has 0 radical (unpaired) electrons. The molecule has 0 bridgehead atoms. The van der Waals surface area contributed by atoms with Crippen molar-refractivity contribution in [2.75, 3.05) is 7.05 Å². The van der Waals surface area contributed by atoms with Crippen molar-refractivity contribution < 1.29 is 22.7 Å². The smallest absolute Gasteiger partial charge is 0.434 e. The maximum absolute atomic E-state index is 13.1. The molecule has 0 aliphatic rings. The minimum absolute atomic E-state index is 0.175. The third-order valence-electron chi connectivity index (χ3n) is 4.24. The molecule has 0 atom stereocenters. The van der Waals surface area contributed by atoms with Gasteiger partial charge in [-0.1, -0.05) is 18.2 Å². The molecule has 1 amide bonds. The van der Waals surface area contributed by atoms with Gasteiger partial charge in [0.25, 0.3) is 0 Å². The SMILES string of the molecule is Cc1cc(CN(C)C(=O)OC(C)(C)C)ccc1-c1nc(C(F)(F)F)cn1C(C)C. The van der Waals surface area contributed by atoms with Crippen molar-refractivity contribution in [3.63, 3.8) is 0 Å². The van der Waals surface area contributed by atoms with Crippen molar-refractivity contribution in [1.82, 2.24) is 14.5 Å². The maximum atomic E-state index is 13.1. The van der Waals surface area contributed by atoms with Gasteiger partial charge in [-0.05, 0) is 52.7 Å². The number of carbonyl (C=O) groups excluding carboxylic acids is 1. The summed E-state index contributed by atoms with van der Waals surface area (Å²) < 4.78 is 46.3. The highest BCUT2D eigenvalue weighted by Crippen LogP contribution is 2.33. The lowest BCUT2D eigenvalue weighted by molar-refractivity contribution is -0.140. The molecule has 5 nitrogen and oxygen atoms in total. The van der Waals surface area contributed by atoms with Gasteiger partial charge >= 0.3 is 12.3 Å². The third kappa shape index (κ3) is 5.74.